The van der Waals surface area contributed by atoms with E-state index in [1.165, 1.54) is 0 Å². The predicted molar refractivity (Wildman–Crippen MR) is 79.6 cm³/mol. The molecule has 7 nitrogen and oxygen atoms in total. The van der Waals surface area contributed by atoms with Crippen molar-refractivity contribution in [1.82, 2.24) is 0 Å². The molecule has 23 heavy (non-hydrogen) atoms. The average Bonchev–Trinajstić information content (AvgIpc) is 2.50. The molecule has 0 aromatic carbocycles. The van der Waals surface area contributed by atoms with Gasteiger partial charge in [-0.3, -0.25) is 4.79 Å². The molecule has 0 radical (unpaired) electrons. The van der Waals surface area contributed by atoms with Crippen molar-refractivity contribution < 1.29 is 35.1 Å². The first kappa shape index (κ1) is 18.2. The fourth-order valence-electron chi connectivity index (χ4n) is 4.32. The van der Waals surface area contributed by atoms with E-state index in [1.54, 1.807) is 0 Å². The molecule has 2 aliphatic carbocycles. The van der Waals surface area contributed by atoms with Crippen molar-refractivity contribution in [3.05, 3.63) is 0 Å². The molecule has 0 aromatic heterocycles. The molecule has 5 atom stereocenters. The van der Waals surface area contributed by atoms with Gasteiger partial charge in [0, 0.05) is 5.92 Å². The van der Waals surface area contributed by atoms with Gasteiger partial charge in [0.15, 0.2) is 6.10 Å². The SMILES string of the molecule is O=C(O)C(O)C1CC(C(C(=O)O)C2CCC(O)CC2)CCC1O. The third kappa shape index (κ3) is 4.22. The van der Waals surface area contributed by atoms with Gasteiger partial charge < -0.3 is 25.5 Å². The van der Waals surface area contributed by atoms with Crippen LogP contribution in [0.3, 0.4) is 0 Å². The lowest BCUT2D eigenvalue weighted by Crippen LogP contribution is -2.45. The van der Waals surface area contributed by atoms with E-state index in [-0.39, 0.29) is 24.4 Å². The van der Waals surface area contributed by atoms with Crippen molar-refractivity contribution in [2.45, 2.75) is 63.3 Å². The molecule has 0 bridgehead atoms. The molecule has 0 spiro atoms. The quantitative estimate of drug-likeness (QED) is 0.494. The number of rotatable bonds is 5. The molecule has 0 heterocycles. The van der Waals surface area contributed by atoms with Crippen molar-refractivity contribution >= 4 is 11.9 Å². The zero-order valence-corrected chi connectivity index (χ0v) is 13.0. The van der Waals surface area contributed by atoms with Gasteiger partial charge in [0.2, 0.25) is 0 Å². The van der Waals surface area contributed by atoms with Crippen molar-refractivity contribution in [2.24, 2.45) is 23.7 Å². The van der Waals surface area contributed by atoms with Crippen LogP contribution in [0.2, 0.25) is 0 Å². The van der Waals surface area contributed by atoms with E-state index in [1.807, 2.05) is 0 Å². The summed E-state index contributed by atoms with van der Waals surface area (Å²) in [4.78, 5) is 22.8. The van der Waals surface area contributed by atoms with E-state index < -0.39 is 36.0 Å². The first-order chi connectivity index (χ1) is 10.8. The molecule has 0 saturated heterocycles. The van der Waals surface area contributed by atoms with E-state index >= 15 is 0 Å². The Labute approximate surface area is 134 Å². The Balaban J connectivity index is 2.10. The Morgan fingerprint density at radius 3 is 1.91 bits per heavy atom. The molecule has 5 N–H and O–H groups in total. The van der Waals surface area contributed by atoms with Crippen LogP contribution in [0.4, 0.5) is 0 Å². The van der Waals surface area contributed by atoms with Crippen molar-refractivity contribution in [1.29, 1.82) is 0 Å². The zero-order chi connectivity index (χ0) is 17.1. The normalized spacial score (nSPS) is 37.8. The summed E-state index contributed by atoms with van der Waals surface area (Å²) in [6.07, 6.45) is 0.525. The fraction of sp³-hybridized carbons (Fsp3) is 0.875. The largest absolute Gasteiger partial charge is 0.481 e. The Morgan fingerprint density at radius 2 is 1.39 bits per heavy atom. The van der Waals surface area contributed by atoms with E-state index in [4.69, 9.17) is 5.11 Å². The number of carbonyl (C=O) groups is 2. The predicted octanol–water partition coefficient (Wildman–Crippen LogP) is 0.461. The summed E-state index contributed by atoms with van der Waals surface area (Å²) in [5.41, 5.74) is 0. The Hall–Kier alpha value is -1.18. The smallest absolute Gasteiger partial charge is 0.332 e. The summed E-state index contributed by atoms with van der Waals surface area (Å²) in [6, 6.07) is 0. The number of hydrogen-bond acceptors (Lipinski definition) is 5. The molecule has 0 aromatic rings. The van der Waals surface area contributed by atoms with Crippen LogP contribution in [0.25, 0.3) is 0 Å². The third-order valence-corrected chi connectivity index (χ3v) is 5.60. The lowest BCUT2D eigenvalue weighted by molar-refractivity contribution is -0.157. The van der Waals surface area contributed by atoms with E-state index in [0.29, 0.717) is 38.5 Å². The minimum Gasteiger partial charge on any atom is -0.481 e. The van der Waals surface area contributed by atoms with Crippen LogP contribution in [-0.2, 0) is 9.59 Å². The molecule has 132 valence electrons. The minimum atomic E-state index is -1.67. The van der Waals surface area contributed by atoms with Gasteiger partial charge in [-0.25, -0.2) is 4.79 Å². The summed E-state index contributed by atoms with van der Waals surface area (Å²) in [5.74, 6) is -4.03. The first-order valence-corrected chi connectivity index (χ1v) is 8.31. The van der Waals surface area contributed by atoms with Gasteiger partial charge in [0.25, 0.3) is 0 Å². The third-order valence-electron chi connectivity index (χ3n) is 5.60. The Kier molecular flexibility index (Phi) is 6.00. The van der Waals surface area contributed by atoms with Gasteiger partial charge in [-0.05, 0) is 56.8 Å². The molecule has 2 aliphatic rings. The van der Waals surface area contributed by atoms with Gasteiger partial charge in [-0.1, -0.05) is 0 Å². The summed E-state index contributed by atoms with van der Waals surface area (Å²) in [5, 5.41) is 47.9. The van der Waals surface area contributed by atoms with Gasteiger partial charge >= 0.3 is 11.9 Å². The Bertz CT molecular complexity index is 430. The number of aliphatic hydroxyl groups is 3. The summed E-state index contributed by atoms with van der Waals surface area (Å²) < 4.78 is 0. The van der Waals surface area contributed by atoms with Crippen LogP contribution in [0.15, 0.2) is 0 Å². The van der Waals surface area contributed by atoms with Gasteiger partial charge in [-0.2, -0.15) is 0 Å². The summed E-state index contributed by atoms with van der Waals surface area (Å²) >= 11 is 0. The van der Waals surface area contributed by atoms with Gasteiger partial charge in [0.1, 0.15) is 0 Å². The number of carboxylic acid groups (broad SMARTS) is 2. The van der Waals surface area contributed by atoms with Crippen molar-refractivity contribution in [3.63, 3.8) is 0 Å². The monoisotopic (exact) mass is 330 g/mol. The zero-order valence-electron chi connectivity index (χ0n) is 13.0. The van der Waals surface area contributed by atoms with Crippen molar-refractivity contribution in [3.8, 4) is 0 Å². The lowest BCUT2D eigenvalue weighted by Gasteiger charge is -2.40. The number of aliphatic carboxylic acids is 2. The highest BCUT2D eigenvalue weighted by Crippen LogP contribution is 2.42. The molecular weight excluding hydrogens is 304 g/mol. The lowest BCUT2D eigenvalue weighted by atomic mass is 9.66. The summed E-state index contributed by atoms with van der Waals surface area (Å²) in [7, 11) is 0. The second-order valence-corrected chi connectivity index (χ2v) is 7.02. The molecule has 5 unspecified atom stereocenters. The first-order valence-electron chi connectivity index (χ1n) is 8.31. The molecule has 2 saturated carbocycles. The second-order valence-electron chi connectivity index (χ2n) is 7.02. The maximum atomic E-state index is 11.8. The van der Waals surface area contributed by atoms with Gasteiger partial charge in [-0.15, -0.1) is 0 Å². The number of hydrogen-bond donors (Lipinski definition) is 5. The van der Waals surface area contributed by atoms with Crippen LogP contribution in [0.1, 0.15) is 44.9 Å². The molecule has 7 heteroatoms. The van der Waals surface area contributed by atoms with Crippen LogP contribution in [-0.4, -0.2) is 55.8 Å². The maximum absolute atomic E-state index is 11.8. The molecule has 0 aliphatic heterocycles. The van der Waals surface area contributed by atoms with Crippen molar-refractivity contribution in [2.75, 3.05) is 0 Å². The highest BCUT2D eigenvalue weighted by Gasteiger charge is 2.44. The van der Waals surface area contributed by atoms with Crippen LogP contribution < -0.4 is 0 Å². The summed E-state index contributed by atoms with van der Waals surface area (Å²) in [6.45, 7) is 0. The number of carboxylic acids is 2. The van der Waals surface area contributed by atoms with Gasteiger partial charge in [0.05, 0.1) is 18.1 Å². The topological polar surface area (TPSA) is 135 Å². The van der Waals surface area contributed by atoms with E-state index in [2.05, 4.69) is 0 Å². The number of aliphatic hydroxyl groups excluding tert-OH is 3. The molecular formula is C16H26O7. The second kappa shape index (κ2) is 7.59. The Morgan fingerprint density at radius 1 is 0.826 bits per heavy atom. The molecule has 2 rings (SSSR count). The van der Waals surface area contributed by atoms with E-state index in [9.17, 15) is 30.0 Å². The maximum Gasteiger partial charge on any atom is 0.332 e. The van der Waals surface area contributed by atoms with E-state index in [0.717, 1.165) is 0 Å². The minimum absolute atomic E-state index is 0.0428. The molecule has 0 amide bonds. The fourth-order valence-corrected chi connectivity index (χ4v) is 4.32. The van der Waals surface area contributed by atoms with Crippen LogP contribution >= 0.6 is 0 Å². The van der Waals surface area contributed by atoms with Crippen LogP contribution in [0.5, 0.6) is 0 Å². The highest BCUT2D eigenvalue weighted by molar-refractivity contribution is 5.73. The standard InChI is InChI=1S/C16H26O7/c17-10-4-1-8(2-5-10)13(15(20)21)9-3-6-12(18)11(7-9)14(19)16(22)23/h8-14,17-19H,1-7H2,(H,20,21)(H,22,23). The molecule has 2 fully saturated rings. The average molecular weight is 330 g/mol. The highest BCUT2D eigenvalue weighted by atomic mass is 16.4. The van der Waals surface area contributed by atoms with Crippen LogP contribution in [0, 0.1) is 23.7 Å².